The van der Waals surface area contributed by atoms with Crippen LogP contribution in [0.25, 0.3) is 11.1 Å². The number of fused-ring (bicyclic) bond motifs is 1. The van der Waals surface area contributed by atoms with Crippen LogP contribution in [0.2, 0.25) is 0 Å². The molecule has 0 unspecified atom stereocenters. The second kappa shape index (κ2) is 9.49. The maximum Gasteiger partial charge on any atom is 0.419 e. The SMILES string of the molecule is Cc1cccc(NC(=O)CN2CCN(CCCn3c(=O)oc4ccccc43)CC2)c1C. The van der Waals surface area contributed by atoms with Crippen LogP contribution in [-0.2, 0) is 11.3 Å². The van der Waals surface area contributed by atoms with E-state index in [0.29, 0.717) is 18.7 Å². The van der Waals surface area contributed by atoms with E-state index in [9.17, 15) is 9.59 Å². The van der Waals surface area contributed by atoms with Crippen molar-refractivity contribution in [2.45, 2.75) is 26.8 Å². The molecule has 0 aliphatic carbocycles. The second-order valence-electron chi connectivity index (χ2n) is 8.25. The molecule has 0 atom stereocenters. The monoisotopic (exact) mass is 422 g/mol. The third-order valence-electron chi connectivity index (χ3n) is 6.14. The largest absolute Gasteiger partial charge is 0.419 e. The molecule has 7 nitrogen and oxygen atoms in total. The Hall–Kier alpha value is -2.90. The highest BCUT2D eigenvalue weighted by Crippen LogP contribution is 2.18. The van der Waals surface area contributed by atoms with Crippen LogP contribution in [0.5, 0.6) is 0 Å². The first-order valence-corrected chi connectivity index (χ1v) is 10.9. The van der Waals surface area contributed by atoms with Gasteiger partial charge in [0.15, 0.2) is 5.58 Å². The zero-order valence-corrected chi connectivity index (χ0v) is 18.3. The van der Waals surface area contributed by atoms with Crippen molar-refractivity contribution in [2.24, 2.45) is 0 Å². The lowest BCUT2D eigenvalue weighted by Gasteiger charge is -2.34. The molecule has 1 fully saturated rings. The van der Waals surface area contributed by atoms with Crippen molar-refractivity contribution in [1.29, 1.82) is 0 Å². The summed E-state index contributed by atoms with van der Waals surface area (Å²) < 4.78 is 7.01. The molecule has 31 heavy (non-hydrogen) atoms. The molecule has 1 saturated heterocycles. The molecule has 0 bridgehead atoms. The van der Waals surface area contributed by atoms with Gasteiger partial charge in [-0.25, -0.2) is 4.79 Å². The number of aryl methyl sites for hydroxylation is 2. The fraction of sp³-hybridized carbons (Fsp3) is 0.417. The number of carbonyl (C=O) groups excluding carboxylic acids is 1. The molecular formula is C24H30N4O3. The molecule has 3 aromatic rings. The summed E-state index contributed by atoms with van der Waals surface area (Å²) in [4.78, 5) is 29.1. The molecule has 0 radical (unpaired) electrons. The van der Waals surface area contributed by atoms with Crippen molar-refractivity contribution >= 4 is 22.7 Å². The third kappa shape index (κ3) is 5.06. The van der Waals surface area contributed by atoms with Gasteiger partial charge in [0.05, 0.1) is 12.1 Å². The van der Waals surface area contributed by atoms with Crippen molar-refractivity contribution in [2.75, 3.05) is 44.6 Å². The molecule has 0 saturated carbocycles. The van der Waals surface area contributed by atoms with E-state index in [1.165, 1.54) is 5.56 Å². The number of nitrogens with one attached hydrogen (secondary N) is 1. The highest BCUT2D eigenvalue weighted by molar-refractivity contribution is 5.93. The summed E-state index contributed by atoms with van der Waals surface area (Å²) in [7, 11) is 0. The number of carbonyl (C=O) groups is 1. The fourth-order valence-electron chi connectivity index (χ4n) is 4.13. The molecule has 1 aliphatic heterocycles. The van der Waals surface area contributed by atoms with Gasteiger partial charge in [-0.1, -0.05) is 24.3 Å². The number of hydrogen-bond acceptors (Lipinski definition) is 5. The predicted molar refractivity (Wildman–Crippen MR) is 123 cm³/mol. The highest BCUT2D eigenvalue weighted by Gasteiger charge is 2.19. The summed E-state index contributed by atoms with van der Waals surface area (Å²) in [6.45, 7) is 9.67. The summed E-state index contributed by atoms with van der Waals surface area (Å²) in [5.41, 5.74) is 4.68. The predicted octanol–water partition coefficient (Wildman–Crippen LogP) is 2.86. The summed E-state index contributed by atoms with van der Waals surface area (Å²) in [6, 6.07) is 13.5. The smallest absolute Gasteiger partial charge is 0.408 e. The average Bonchev–Trinajstić information content (AvgIpc) is 3.08. The van der Waals surface area contributed by atoms with Crippen LogP contribution in [-0.4, -0.2) is 59.5 Å². The molecule has 7 heteroatoms. The number of amides is 1. The maximum atomic E-state index is 12.5. The van der Waals surface area contributed by atoms with Gasteiger partial charge in [-0.05, 0) is 56.1 Å². The number of rotatable bonds is 7. The molecule has 1 aliphatic rings. The number of aromatic nitrogens is 1. The van der Waals surface area contributed by atoms with Gasteiger partial charge >= 0.3 is 5.76 Å². The first kappa shape index (κ1) is 21.3. The Morgan fingerprint density at radius 2 is 1.71 bits per heavy atom. The Balaban J connectivity index is 1.21. The number of nitrogens with zero attached hydrogens (tertiary/aromatic N) is 3. The minimum absolute atomic E-state index is 0.0355. The van der Waals surface area contributed by atoms with Crippen molar-refractivity contribution in [3.05, 3.63) is 64.1 Å². The van der Waals surface area contributed by atoms with Gasteiger partial charge in [-0.2, -0.15) is 0 Å². The van der Waals surface area contributed by atoms with E-state index in [1.807, 2.05) is 43.3 Å². The van der Waals surface area contributed by atoms with Gasteiger partial charge in [-0.15, -0.1) is 0 Å². The summed E-state index contributed by atoms with van der Waals surface area (Å²) in [6.07, 6.45) is 0.885. The number of hydrogen-bond donors (Lipinski definition) is 1. The Morgan fingerprint density at radius 3 is 2.52 bits per heavy atom. The van der Waals surface area contributed by atoms with Crippen LogP contribution >= 0.6 is 0 Å². The number of piperazine rings is 1. The quantitative estimate of drug-likeness (QED) is 0.634. The van der Waals surface area contributed by atoms with E-state index in [1.54, 1.807) is 4.57 Å². The van der Waals surface area contributed by atoms with Crippen LogP contribution in [0, 0.1) is 13.8 Å². The highest BCUT2D eigenvalue weighted by atomic mass is 16.4. The number of benzene rings is 2. The van der Waals surface area contributed by atoms with Crippen LogP contribution in [0.4, 0.5) is 5.69 Å². The molecule has 164 valence electrons. The van der Waals surface area contributed by atoms with E-state index in [0.717, 1.165) is 55.9 Å². The number of para-hydroxylation sites is 2. The van der Waals surface area contributed by atoms with Crippen LogP contribution < -0.4 is 11.1 Å². The Labute approximate surface area is 182 Å². The normalized spacial score (nSPS) is 15.4. The zero-order chi connectivity index (χ0) is 21.8. The zero-order valence-electron chi connectivity index (χ0n) is 18.3. The Kier molecular flexibility index (Phi) is 6.53. The fourth-order valence-corrected chi connectivity index (χ4v) is 4.13. The number of oxazole rings is 1. The first-order chi connectivity index (χ1) is 15.0. The molecule has 0 spiro atoms. The van der Waals surface area contributed by atoms with Crippen LogP contribution in [0.3, 0.4) is 0 Å². The lowest BCUT2D eigenvalue weighted by atomic mass is 10.1. The van der Waals surface area contributed by atoms with Crippen LogP contribution in [0.1, 0.15) is 17.5 Å². The summed E-state index contributed by atoms with van der Waals surface area (Å²) >= 11 is 0. The van der Waals surface area contributed by atoms with Gasteiger partial charge in [-0.3, -0.25) is 14.3 Å². The topological polar surface area (TPSA) is 70.7 Å². The molecule has 4 rings (SSSR count). The second-order valence-corrected chi connectivity index (χ2v) is 8.25. The maximum absolute atomic E-state index is 12.5. The molecule has 2 heterocycles. The van der Waals surface area contributed by atoms with E-state index in [-0.39, 0.29) is 11.7 Å². The van der Waals surface area contributed by atoms with Gasteiger partial charge in [0.1, 0.15) is 0 Å². The molecule has 2 aromatic carbocycles. The van der Waals surface area contributed by atoms with Crippen molar-refractivity contribution in [1.82, 2.24) is 14.4 Å². The average molecular weight is 423 g/mol. The standard InChI is InChI=1S/C24H30N4O3/c1-18-7-5-8-20(19(18)2)25-23(29)17-27-15-13-26(14-16-27)11-6-12-28-21-9-3-4-10-22(21)31-24(28)30/h3-5,7-10H,6,11-17H2,1-2H3,(H,25,29). The third-order valence-corrected chi connectivity index (χ3v) is 6.14. The first-order valence-electron chi connectivity index (χ1n) is 10.9. The van der Waals surface area contributed by atoms with E-state index >= 15 is 0 Å². The molecular weight excluding hydrogens is 392 g/mol. The lowest BCUT2D eigenvalue weighted by Crippen LogP contribution is -2.48. The van der Waals surface area contributed by atoms with Gasteiger partial charge in [0.25, 0.3) is 0 Å². The van der Waals surface area contributed by atoms with E-state index in [2.05, 4.69) is 28.1 Å². The van der Waals surface area contributed by atoms with Crippen molar-refractivity contribution < 1.29 is 9.21 Å². The minimum Gasteiger partial charge on any atom is -0.408 e. The van der Waals surface area contributed by atoms with Gasteiger partial charge in [0.2, 0.25) is 5.91 Å². The van der Waals surface area contributed by atoms with Crippen molar-refractivity contribution in [3.8, 4) is 0 Å². The summed E-state index contributed by atoms with van der Waals surface area (Å²) in [5.74, 6) is -0.255. The van der Waals surface area contributed by atoms with E-state index < -0.39 is 0 Å². The number of anilines is 1. The van der Waals surface area contributed by atoms with Gasteiger partial charge in [0, 0.05) is 38.4 Å². The molecule has 1 amide bonds. The van der Waals surface area contributed by atoms with Gasteiger partial charge < -0.3 is 14.6 Å². The Morgan fingerprint density at radius 1 is 0.968 bits per heavy atom. The van der Waals surface area contributed by atoms with Crippen LogP contribution in [0.15, 0.2) is 51.7 Å². The van der Waals surface area contributed by atoms with E-state index in [4.69, 9.17) is 4.42 Å². The molecule has 1 aromatic heterocycles. The van der Waals surface area contributed by atoms with Crippen molar-refractivity contribution in [3.63, 3.8) is 0 Å². The lowest BCUT2D eigenvalue weighted by molar-refractivity contribution is -0.117. The Bertz CT molecular complexity index is 1110. The summed E-state index contributed by atoms with van der Waals surface area (Å²) in [5, 5.41) is 3.04. The minimum atomic E-state index is -0.291. The molecule has 1 N–H and O–H groups in total.